The van der Waals surface area contributed by atoms with Gasteiger partial charge in [-0.3, -0.25) is 9.59 Å². The smallest absolute Gasteiger partial charge is 0.264 e. The first kappa shape index (κ1) is 15.2. The Morgan fingerprint density at radius 2 is 2.14 bits per heavy atom. The van der Waals surface area contributed by atoms with E-state index in [4.69, 9.17) is 22.1 Å². The number of nitrogens with zero attached hydrogens (tertiary/aromatic N) is 1. The monoisotopic (exact) mass is 322 g/mol. The maximum Gasteiger partial charge on any atom is 0.264 e. The standard InChI is InChI=1S/C16H19ClN2O3/c1-9-2-3-10(15(18)20)8-19(9)16(21)14-7-11-6-12(17)4-5-13(11)22-14/h4-6,9-10,14H,2-3,7-8H2,1H3,(H2,18,20)/t9-,10+,14-/m1/s1. The predicted molar refractivity (Wildman–Crippen MR) is 82.7 cm³/mol. The maximum absolute atomic E-state index is 12.7. The van der Waals surface area contributed by atoms with Crippen molar-refractivity contribution in [3.05, 3.63) is 28.8 Å². The molecule has 6 heteroatoms. The van der Waals surface area contributed by atoms with Crippen LogP contribution in [0.2, 0.25) is 5.02 Å². The van der Waals surface area contributed by atoms with E-state index in [9.17, 15) is 9.59 Å². The van der Waals surface area contributed by atoms with Gasteiger partial charge in [-0.2, -0.15) is 0 Å². The number of piperidine rings is 1. The number of hydrogen-bond donors (Lipinski definition) is 1. The highest BCUT2D eigenvalue weighted by atomic mass is 35.5. The minimum Gasteiger partial charge on any atom is -0.480 e. The number of benzene rings is 1. The Hall–Kier alpha value is -1.75. The average molecular weight is 323 g/mol. The molecule has 1 saturated heterocycles. The Balaban J connectivity index is 1.73. The summed E-state index contributed by atoms with van der Waals surface area (Å²) in [6.07, 6.45) is 1.49. The Kier molecular flexibility index (Phi) is 4.00. The molecular formula is C16H19ClN2O3. The summed E-state index contributed by atoms with van der Waals surface area (Å²) in [7, 11) is 0. The molecule has 1 fully saturated rings. The van der Waals surface area contributed by atoms with Crippen LogP contribution in [0.25, 0.3) is 0 Å². The number of carbonyl (C=O) groups excluding carboxylic acids is 2. The van der Waals surface area contributed by atoms with Crippen LogP contribution < -0.4 is 10.5 Å². The van der Waals surface area contributed by atoms with Crippen LogP contribution in [-0.4, -0.2) is 35.4 Å². The number of primary amides is 1. The van der Waals surface area contributed by atoms with Gasteiger partial charge in [0.15, 0.2) is 6.10 Å². The number of halogens is 1. The molecule has 3 atom stereocenters. The van der Waals surface area contributed by atoms with Gasteiger partial charge in [0.25, 0.3) is 5.91 Å². The van der Waals surface area contributed by atoms with Crippen LogP contribution in [-0.2, 0) is 16.0 Å². The van der Waals surface area contributed by atoms with Crippen LogP contribution >= 0.6 is 11.6 Å². The fourth-order valence-corrected chi connectivity index (χ4v) is 3.38. The van der Waals surface area contributed by atoms with Gasteiger partial charge < -0.3 is 15.4 Å². The van der Waals surface area contributed by atoms with E-state index < -0.39 is 6.10 Å². The van der Waals surface area contributed by atoms with Gasteiger partial charge in [-0.25, -0.2) is 0 Å². The molecule has 22 heavy (non-hydrogen) atoms. The highest BCUT2D eigenvalue weighted by Crippen LogP contribution is 2.33. The lowest BCUT2D eigenvalue weighted by Crippen LogP contribution is -2.52. The summed E-state index contributed by atoms with van der Waals surface area (Å²) in [5, 5.41) is 0.635. The van der Waals surface area contributed by atoms with E-state index in [-0.39, 0.29) is 23.8 Å². The van der Waals surface area contributed by atoms with Gasteiger partial charge >= 0.3 is 0 Å². The first-order valence-corrected chi connectivity index (χ1v) is 7.88. The van der Waals surface area contributed by atoms with Crippen molar-refractivity contribution in [3.8, 4) is 5.75 Å². The van der Waals surface area contributed by atoms with Gasteiger partial charge in [-0.15, -0.1) is 0 Å². The summed E-state index contributed by atoms with van der Waals surface area (Å²) < 4.78 is 5.75. The van der Waals surface area contributed by atoms with Crippen molar-refractivity contribution in [2.75, 3.05) is 6.54 Å². The summed E-state index contributed by atoms with van der Waals surface area (Å²) in [4.78, 5) is 25.9. The van der Waals surface area contributed by atoms with Crippen molar-refractivity contribution in [3.63, 3.8) is 0 Å². The molecule has 0 bridgehead atoms. The third kappa shape index (κ3) is 2.77. The predicted octanol–water partition coefficient (Wildman–Crippen LogP) is 1.76. The van der Waals surface area contributed by atoms with Crippen LogP contribution in [0.3, 0.4) is 0 Å². The van der Waals surface area contributed by atoms with E-state index in [1.54, 1.807) is 17.0 Å². The third-order valence-electron chi connectivity index (χ3n) is 4.54. The zero-order valence-corrected chi connectivity index (χ0v) is 13.2. The van der Waals surface area contributed by atoms with E-state index in [1.807, 2.05) is 13.0 Å². The second kappa shape index (κ2) is 5.80. The van der Waals surface area contributed by atoms with Gasteiger partial charge in [0.2, 0.25) is 5.91 Å². The molecule has 2 aliphatic heterocycles. The summed E-state index contributed by atoms with van der Waals surface area (Å²) >= 11 is 5.97. The molecule has 2 heterocycles. The second-order valence-electron chi connectivity index (χ2n) is 6.08. The number of ether oxygens (including phenoxy) is 1. The molecular weight excluding hydrogens is 304 g/mol. The Bertz CT molecular complexity index is 619. The third-order valence-corrected chi connectivity index (χ3v) is 4.78. The number of amides is 2. The van der Waals surface area contributed by atoms with Gasteiger partial charge in [0.1, 0.15) is 5.75 Å². The molecule has 1 aromatic carbocycles. The number of nitrogens with two attached hydrogens (primary N) is 1. The first-order valence-electron chi connectivity index (χ1n) is 7.50. The molecule has 0 radical (unpaired) electrons. The normalized spacial score (nSPS) is 27.2. The molecule has 3 rings (SSSR count). The molecule has 0 spiro atoms. The van der Waals surface area contributed by atoms with Gasteiger partial charge in [0.05, 0.1) is 5.92 Å². The van der Waals surface area contributed by atoms with Crippen LogP contribution in [0.4, 0.5) is 0 Å². The highest BCUT2D eigenvalue weighted by molar-refractivity contribution is 6.30. The van der Waals surface area contributed by atoms with Crippen LogP contribution in [0.5, 0.6) is 5.75 Å². The largest absolute Gasteiger partial charge is 0.480 e. The van der Waals surface area contributed by atoms with E-state index in [0.717, 1.165) is 18.4 Å². The van der Waals surface area contributed by atoms with E-state index >= 15 is 0 Å². The molecule has 0 unspecified atom stereocenters. The number of hydrogen-bond acceptors (Lipinski definition) is 3. The minimum atomic E-state index is -0.539. The Morgan fingerprint density at radius 1 is 1.36 bits per heavy atom. The lowest BCUT2D eigenvalue weighted by atomic mass is 9.92. The highest BCUT2D eigenvalue weighted by Gasteiger charge is 2.38. The topological polar surface area (TPSA) is 72.6 Å². The number of likely N-dealkylation sites (tertiary alicyclic amines) is 1. The van der Waals surface area contributed by atoms with Crippen LogP contribution in [0.15, 0.2) is 18.2 Å². The van der Waals surface area contributed by atoms with Gasteiger partial charge in [0, 0.05) is 24.0 Å². The van der Waals surface area contributed by atoms with E-state index in [2.05, 4.69) is 0 Å². The second-order valence-corrected chi connectivity index (χ2v) is 6.52. The lowest BCUT2D eigenvalue weighted by molar-refractivity contribution is -0.143. The van der Waals surface area contributed by atoms with Crippen molar-refractivity contribution in [2.45, 2.75) is 38.3 Å². The molecule has 2 N–H and O–H groups in total. The maximum atomic E-state index is 12.7. The van der Waals surface area contributed by atoms with E-state index in [1.165, 1.54) is 0 Å². The van der Waals surface area contributed by atoms with Crippen molar-refractivity contribution in [1.82, 2.24) is 4.90 Å². The molecule has 0 aromatic heterocycles. The van der Waals surface area contributed by atoms with Crippen LogP contribution in [0.1, 0.15) is 25.3 Å². The zero-order chi connectivity index (χ0) is 15.9. The first-order chi connectivity index (χ1) is 10.5. The van der Waals surface area contributed by atoms with Crippen molar-refractivity contribution in [1.29, 1.82) is 0 Å². The van der Waals surface area contributed by atoms with Crippen molar-refractivity contribution < 1.29 is 14.3 Å². The Morgan fingerprint density at radius 3 is 2.86 bits per heavy atom. The summed E-state index contributed by atoms with van der Waals surface area (Å²) in [6.45, 7) is 2.38. The number of fused-ring (bicyclic) bond motifs is 1. The zero-order valence-electron chi connectivity index (χ0n) is 12.4. The minimum absolute atomic E-state index is 0.0780. The van der Waals surface area contributed by atoms with Crippen molar-refractivity contribution >= 4 is 23.4 Å². The molecule has 2 aliphatic rings. The summed E-state index contributed by atoms with van der Waals surface area (Å²) in [5.74, 6) is 0.0233. The molecule has 5 nitrogen and oxygen atoms in total. The van der Waals surface area contributed by atoms with E-state index in [0.29, 0.717) is 23.7 Å². The fourth-order valence-electron chi connectivity index (χ4n) is 3.19. The average Bonchev–Trinajstić information content (AvgIpc) is 2.89. The quantitative estimate of drug-likeness (QED) is 0.901. The van der Waals surface area contributed by atoms with Crippen molar-refractivity contribution in [2.24, 2.45) is 11.7 Å². The molecule has 118 valence electrons. The summed E-state index contributed by atoms with van der Waals surface area (Å²) in [6, 6.07) is 5.46. The van der Waals surface area contributed by atoms with Gasteiger partial charge in [-0.1, -0.05) is 11.6 Å². The van der Waals surface area contributed by atoms with Crippen LogP contribution in [0, 0.1) is 5.92 Å². The summed E-state index contributed by atoms with van der Waals surface area (Å²) in [5.41, 5.74) is 6.34. The molecule has 0 aliphatic carbocycles. The van der Waals surface area contributed by atoms with Gasteiger partial charge in [-0.05, 0) is 43.5 Å². The number of rotatable bonds is 2. The fraction of sp³-hybridized carbons (Fsp3) is 0.500. The Labute approximate surface area is 134 Å². The molecule has 0 saturated carbocycles. The number of carbonyl (C=O) groups is 2. The SMILES string of the molecule is C[C@@H]1CC[C@H](C(N)=O)CN1C(=O)[C@H]1Cc2cc(Cl)ccc2O1. The molecule has 2 amide bonds. The molecule has 1 aromatic rings. The lowest BCUT2D eigenvalue weighted by Gasteiger charge is -2.38.